The summed E-state index contributed by atoms with van der Waals surface area (Å²) in [5.41, 5.74) is 2.85. The van der Waals surface area contributed by atoms with Gasteiger partial charge in [-0.2, -0.15) is 0 Å². The van der Waals surface area contributed by atoms with Crippen LogP contribution in [0.15, 0.2) is 61.2 Å². The van der Waals surface area contributed by atoms with Crippen molar-refractivity contribution in [2.45, 2.75) is 56.3 Å². The highest BCUT2D eigenvalue weighted by molar-refractivity contribution is 5.47. The quantitative estimate of drug-likeness (QED) is 0.874. The van der Waals surface area contributed by atoms with Crippen molar-refractivity contribution in [1.82, 2.24) is 4.90 Å². The minimum Gasteiger partial charge on any atom is -0.385 e. The minimum atomic E-state index is -0.692. The van der Waals surface area contributed by atoms with Crippen LogP contribution in [0.25, 0.3) is 6.08 Å². The monoisotopic (exact) mass is 333 g/mol. The summed E-state index contributed by atoms with van der Waals surface area (Å²) in [6.45, 7) is 4.82. The molecular formula is C23H27NO. The van der Waals surface area contributed by atoms with Gasteiger partial charge < -0.3 is 5.11 Å². The molecule has 2 heteroatoms. The third-order valence-corrected chi connectivity index (χ3v) is 6.05. The molecule has 2 aliphatic rings. The Balaban J connectivity index is 1.56. The molecule has 0 amide bonds. The first-order chi connectivity index (χ1) is 12.2. The smallest absolute Gasteiger partial charge is 0.0926 e. The van der Waals surface area contributed by atoms with Crippen LogP contribution in [0.5, 0.6) is 0 Å². The first-order valence-electron chi connectivity index (χ1n) is 9.43. The van der Waals surface area contributed by atoms with Gasteiger partial charge in [-0.3, -0.25) is 4.90 Å². The van der Waals surface area contributed by atoms with Crippen LogP contribution in [0.2, 0.25) is 0 Å². The summed E-state index contributed by atoms with van der Waals surface area (Å²) in [4.78, 5) is 2.64. The lowest BCUT2D eigenvalue weighted by Gasteiger charge is -2.52. The Hall–Kier alpha value is -1.90. The number of nitrogens with zero attached hydrogens (tertiary/aromatic N) is 1. The maximum absolute atomic E-state index is 11.4. The predicted octanol–water partition coefficient (Wildman–Crippen LogP) is 4.73. The zero-order valence-corrected chi connectivity index (χ0v) is 14.8. The van der Waals surface area contributed by atoms with Crippen LogP contribution < -0.4 is 0 Å². The van der Waals surface area contributed by atoms with Gasteiger partial charge in [-0.25, -0.2) is 0 Å². The number of fused-ring (bicyclic) bond motifs is 2. The van der Waals surface area contributed by atoms with Crippen molar-refractivity contribution >= 4 is 6.08 Å². The van der Waals surface area contributed by atoms with E-state index < -0.39 is 5.60 Å². The molecule has 0 aromatic heterocycles. The molecule has 0 saturated carbocycles. The Kier molecular flexibility index (Phi) is 4.49. The topological polar surface area (TPSA) is 23.5 Å². The number of hydrogen-bond donors (Lipinski definition) is 1. The Bertz CT molecular complexity index is 708. The van der Waals surface area contributed by atoms with Crippen molar-refractivity contribution in [2.75, 3.05) is 0 Å². The third kappa shape index (κ3) is 3.29. The first kappa shape index (κ1) is 16.6. The van der Waals surface area contributed by atoms with Gasteiger partial charge in [-0.05, 0) is 42.4 Å². The van der Waals surface area contributed by atoms with Gasteiger partial charge in [0.15, 0.2) is 0 Å². The SMILES string of the molecule is C=Cc1ccc(C2(O)CC3CCCC(C2)N3Cc2ccccc2)cc1. The summed E-state index contributed by atoms with van der Waals surface area (Å²) in [5.74, 6) is 0. The predicted molar refractivity (Wildman–Crippen MR) is 103 cm³/mol. The van der Waals surface area contributed by atoms with E-state index in [-0.39, 0.29) is 0 Å². The van der Waals surface area contributed by atoms with Gasteiger partial charge in [0.2, 0.25) is 0 Å². The van der Waals surface area contributed by atoms with Crippen LogP contribution in [-0.2, 0) is 12.1 Å². The van der Waals surface area contributed by atoms with Gasteiger partial charge in [0.1, 0.15) is 0 Å². The molecule has 4 rings (SSSR count). The second kappa shape index (κ2) is 6.78. The van der Waals surface area contributed by atoms with Gasteiger partial charge in [0, 0.05) is 18.6 Å². The van der Waals surface area contributed by atoms with Crippen LogP contribution in [0.3, 0.4) is 0 Å². The van der Waals surface area contributed by atoms with Gasteiger partial charge in [-0.15, -0.1) is 0 Å². The second-order valence-electron chi connectivity index (χ2n) is 7.66. The van der Waals surface area contributed by atoms with Crippen molar-refractivity contribution in [1.29, 1.82) is 0 Å². The van der Waals surface area contributed by atoms with Crippen molar-refractivity contribution in [2.24, 2.45) is 0 Å². The molecule has 2 aromatic carbocycles. The molecule has 0 spiro atoms. The molecule has 2 saturated heterocycles. The van der Waals surface area contributed by atoms with E-state index in [0.717, 1.165) is 30.5 Å². The number of rotatable bonds is 4. The fourth-order valence-corrected chi connectivity index (χ4v) is 4.74. The van der Waals surface area contributed by atoms with Crippen LogP contribution in [0, 0.1) is 0 Å². The Morgan fingerprint density at radius 3 is 2.24 bits per heavy atom. The first-order valence-corrected chi connectivity index (χ1v) is 9.43. The lowest BCUT2D eigenvalue weighted by Crippen LogP contribution is -2.56. The summed E-state index contributed by atoms with van der Waals surface area (Å²) in [5, 5.41) is 11.4. The summed E-state index contributed by atoms with van der Waals surface area (Å²) < 4.78 is 0. The van der Waals surface area contributed by atoms with E-state index in [0.29, 0.717) is 12.1 Å². The molecule has 2 fully saturated rings. The summed E-state index contributed by atoms with van der Waals surface area (Å²) in [6.07, 6.45) is 7.19. The number of hydrogen-bond acceptors (Lipinski definition) is 2. The number of aliphatic hydroxyl groups is 1. The van der Waals surface area contributed by atoms with Crippen LogP contribution in [0.4, 0.5) is 0 Å². The molecule has 2 unspecified atom stereocenters. The van der Waals surface area contributed by atoms with Crippen molar-refractivity contribution in [3.8, 4) is 0 Å². The third-order valence-electron chi connectivity index (χ3n) is 6.05. The van der Waals surface area contributed by atoms with Crippen molar-refractivity contribution in [3.63, 3.8) is 0 Å². The van der Waals surface area contributed by atoms with Gasteiger partial charge >= 0.3 is 0 Å². The number of piperidine rings is 2. The fourth-order valence-electron chi connectivity index (χ4n) is 4.74. The summed E-state index contributed by atoms with van der Waals surface area (Å²) in [7, 11) is 0. The largest absolute Gasteiger partial charge is 0.385 e. The highest BCUT2D eigenvalue weighted by Gasteiger charge is 2.46. The van der Waals surface area contributed by atoms with Crippen molar-refractivity contribution in [3.05, 3.63) is 77.9 Å². The molecule has 0 radical (unpaired) electrons. The average molecular weight is 333 g/mol. The summed E-state index contributed by atoms with van der Waals surface area (Å²) in [6, 6.07) is 20.0. The lowest BCUT2D eigenvalue weighted by molar-refractivity contribution is -0.0999. The molecule has 130 valence electrons. The lowest BCUT2D eigenvalue weighted by atomic mass is 9.72. The molecule has 2 nitrogen and oxygen atoms in total. The van der Waals surface area contributed by atoms with E-state index in [2.05, 4.69) is 66.1 Å². The van der Waals surface area contributed by atoms with Gasteiger partial charge in [0.05, 0.1) is 5.60 Å². The molecule has 2 bridgehead atoms. The van der Waals surface area contributed by atoms with Crippen LogP contribution in [-0.4, -0.2) is 22.1 Å². The van der Waals surface area contributed by atoms with E-state index in [1.54, 1.807) is 0 Å². The molecule has 0 aliphatic carbocycles. The highest BCUT2D eigenvalue weighted by Crippen LogP contribution is 2.44. The minimum absolute atomic E-state index is 0.469. The zero-order chi connectivity index (χ0) is 17.3. The fraction of sp³-hybridized carbons (Fsp3) is 0.391. The van der Waals surface area contributed by atoms with E-state index in [4.69, 9.17) is 0 Å². The molecular weight excluding hydrogens is 306 g/mol. The van der Waals surface area contributed by atoms with Crippen LogP contribution >= 0.6 is 0 Å². The standard InChI is InChI=1S/C23H27NO/c1-2-18-11-13-20(14-12-18)23(25)15-21-9-6-10-22(16-23)24(21)17-19-7-4-3-5-8-19/h2-5,7-8,11-14,21-22,25H,1,6,9-10,15-17H2. The summed E-state index contributed by atoms with van der Waals surface area (Å²) >= 11 is 0. The van der Waals surface area contributed by atoms with Crippen molar-refractivity contribution < 1.29 is 5.11 Å². The number of benzene rings is 2. The van der Waals surface area contributed by atoms with Gasteiger partial charge in [0.25, 0.3) is 0 Å². The molecule has 2 aromatic rings. The zero-order valence-electron chi connectivity index (χ0n) is 14.8. The molecule has 2 heterocycles. The molecule has 2 aliphatic heterocycles. The highest BCUT2D eigenvalue weighted by atomic mass is 16.3. The second-order valence-corrected chi connectivity index (χ2v) is 7.66. The van der Waals surface area contributed by atoms with E-state index in [1.165, 1.54) is 24.8 Å². The molecule has 2 atom stereocenters. The van der Waals surface area contributed by atoms with E-state index >= 15 is 0 Å². The maximum atomic E-state index is 11.4. The van der Waals surface area contributed by atoms with E-state index in [1.807, 2.05) is 6.08 Å². The average Bonchev–Trinajstić information content (AvgIpc) is 2.64. The van der Waals surface area contributed by atoms with Gasteiger partial charge in [-0.1, -0.05) is 73.7 Å². The molecule has 1 N–H and O–H groups in total. The van der Waals surface area contributed by atoms with Crippen LogP contribution in [0.1, 0.15) is 48.8 Å². The van der Waals surface area contributed by atoms with E-state index in [9.17, 15) is 5.11 Å². The Morgan fingerprint density at radius 1 is 1.00 bits per heavy atom. The Morgan fingerprint density at radius 2 is 1.64 bits per heavy atom. The molecule has 25 heavy (non-hydrogen) atoms. The Labute approximate surface area is 150 Å². The maximum Gasteiger partial charge on any atom is 0.0926 e. The normalized spacial score (nSPS) is 29.3.